The lowest BCUT2D eigenvalue weighted by Gasteiger charge is -2.24. The molecule has 1 fully saturated rings. The van der Waals surface area contributed by atoms with E-state index >= 15 is 0 Å². The summed E-state index contributed by atoms with van der Waals surface area (Å²) in [6.45, 7) is 4.55. The summed E-state index contributed by atoms with van der Waals surface area (Å²) in [5, 5.41) is 9.50. The molecular weight excluding hydrogens is 367 g/mol. The maximum atomic E-state index is 11.5. The topological polar surface area (TPSA) is 65.5 Å². The Morgan fingerprint density at radius 1 is 1.25 bits per heavy atom. The van der Waals surface area contributed by atoms with E-state index in [0.29, 0.717) is 19.0 Å². The van der Waals surface area contributed by atoms with Crippen LogP contribution in [0.5, 0.6) is 0 Å². The van der Waals surface area contributed by atoms with Crippen molar-refractivity contribution in [2.24, 2.45) is 4.99 Å². The first-order valence-corrected chi connectivity index (χ1v) is 7.38. The molecule has 1 rings (SSSR count). The van der Waals surface area contributed by atoms with Crippen molar-refractivity contribution < 1.29 is 4.79 Å². The van der Waals surface area contributed by atoms with Crippen LogP contribution in [-0.4, -0.2) is 37.5 Å². The number of halogens is 1. The summed E-state index contributed by atoms with van der Waals surface area (Å²) in [4.78, 5) is 15.7. The van der Waals surface area contributed by atoms with Gasteiger partial charge in [-0.2, -0.15) is 0 Å². The maximum Gasteiger partial charge on any atom is 0.221 e. The number of amides is 1. The molecule has 118 valence electrons. The monoisotopic (exact) mass is 396 g/mol. The molecule has 0 atom stereocenters. The normalized spacial score (nSPS) is 16.5. The minimum atomic E-state index is 0. The van der Waals surface area contributed by atoms with Crippen molar-refractivity contribution in [2.45, 2.75) is 64.5 Å². The fourth-order valence-electron chi connectivity index (χ4n) is 2.32. The molecule has 0 radical (unpaired) electrons. The highest BCUT2D eigenvalue weighted by atomic mass is 127. The second-order valence-electron chi connectivity index (χ2n) is 5.45. The average molecular weight is 396 g/mol. The molecule has 0 heterocycles. The lowest BCUT2D eigenvalue weighted by atomic mass is 9.96. The first-order valence-electron chi connectivity index (χ1n) is 7.38. The molecule has 1 amide bonds. The fourth-order valence-corrected chi connectivity index (χ4v) is 2.32. The van der Waals surface area contributed by atoms with Gasteiger partial charge in [0.15, 0.2) is 5.96 Å². The van der Waals surface area contributed by atoms with Crippen LogP contribution in [0.25, 0.3) is 0 Å². The Hall–Kier alpha value is -0.530. The highest BCUT2D eigenvalue weighted by Crippen LogP contribution is 2.17. The van der Waals surface area contributed by atoms with Crippen molar-refractivity contribution in [2.75, 3.05) is 13.6 Å². The smallest absolute Gasteiger partial charge is 0.221 e. The highest BCUT2D eigenvalue weighted by Gasteiger charge is 2.14. The third kappa shape index (κ3) is 8.60. The van der Waals surface area contributed by atoms with Crippen molar-refractivity contribution in [3.8, 4) is 0 Å². The number of nitrogens with zero attached hydrogens (tertiary/aromatic N) is 1. The van der Waals surface area contributed by atoms with Crippen LogP contribution in [0.3, 0.4) is 0 Å². The SMILES string of the molecule is CN=C(NCCC(=O)NC(C)C)NC1CCCCC1.I. The van der Waals surface area contributed by atoms with Crippen molar-refractivity contribution >= 4 is 35.8 Å². The first-order chi connectivity index (χ1) is 9.11. The Morgan fingerprint density at radius 2 is 1.90 bits per heavy atom. The van der Waals surface area contributed by atoms with E-state index in [1.807, 2.05) is 13.8 Å². The second-order valence-corrected chi connectivity index (χ2v) is 5.45. The first kappa shape index (κ1) is 19.5. The third-order valence-corrected chi connectivity index (χ3v) is 3.26. The molecule has 0 aliphatic heterocycles. The van der Waals surface area contributed by atoms with Gasteiger partial charge in [0.2, 0.25) is 5.91 Å². The van der Waals surface area contributed by atoms with Gasteiger partial charge in [-0.25, -0.2) is 0 Å². The summed E-state index contributed by atoms with van der Waals surface area (Å²) >= 11 is 0. The van der Waals surface area contributed by atoms with E-state index < -0.39 is 0 Å². The summed E-state index contributed by atoms with van der Waals surface area (Å²) in [5.74, 6) is 0.889. The molecule has 1 saturated carbocycles. The van der Waals surface area contributed by atoms with E-state index in [9.17, 15) is 4.79 Å². The van der Waals surface area contributed by atoms with Crippen LogP contribution in [0.4, 0.5) is 0 Å². The molecule has 0 saturated heterocycles. The van der Waals surface area contributed by atoms with Crippen molar-refractivity contribution in [3.63, 3.8) is 0 Å². The van der Waals surface area contributed by atoms with E-state index in [2.05, 4.69) is 20.9 Å². The zero-order valence-corrected chi connectivity index (χ0v) is 15.2. The number of hydrogen-bond donors (Lipinski definition) is 3. The fraction of sp³-hybridized carbons (Fsp3) is 0.857. The van der Waals surface area contributed by atoms with Crippen molar-refractivity contribution in [1.29, 1.82) is 0 Å². The van der Waals surface area contributed by atoms with E-state index in [0.717, 1.165) is 5.96 Å². The molecule has 0 aromatic heterocycles. The molecular formula is C14H29IN4O. The molecule has 5 nitrogen and oxygen atoms in total. The van der Waals surface area contributed by atoms with Gasteiger partial charge in [0.05, 0.1) is 0 Å². The van der Waals surface area contributed by atoms with Crippen LogP contribution in [0, 0.1) is 0 Å². The third-order valence-electron chi connectivity index (χ3n) is 3.26. The second kappa shape index (κ2) is 11.2. The number of carbonyl (C=O) groups is 1. The van der Waals surface area contributed by atoms with Crippen LogP contribution in [0.1, 0.15) is 52.4 Å². The molecule has 20 heavy (non-hydrogen) atoms. The van der Waals surface area contributed by atoms with Crippen molar-refractivity contribution in [1.82, 2.24) is 16.0 Å². The number of guanidine groups is 1. The number of carbonyl (C=O) groups excluding carboxylic acids is 1. The molecule has 0 unspecified atom stereocenters. The summed E-state index contributed by atoms with van der Waals surface area (Å²) in [5.41, 5.74) is 0. The van der Waals surface area contributed by atoms with Gasteiger partial charge in [0.25, 0.3) is 0 Å². The number of rotatable bonds is 5. The molecule has 1 aliphatic carbocycles. The maximum absolute atomic E-state index is 11.5. The highest BCUT2D eigenvalue weighted by molar-refractivity contribution is 14.0. The largest absolute Gasteiger partial charge is 0.356 e. The summed E-state index contributed by atoms with van der Waals surface area (Å²) in [6.07, 6.45) is 6.85. The van der Waals surface area contributed by atoms with Crippen LogP contribution in [0.15, 0.2) is 4.99 Å². The van der Waals surface area contributed by atoms with E-state index in [1.54, 1.807) is 7.05 Å². The lowest BCUT2D eigenvalue weighted by molar-refractivity contribution is -0.121. The van der Waals surface area contributed by atoms with Gasteiger partial charge in [-0.15, -0.1) is 24.0 Å². The minimum Gasteiger partial charge on any atom is -0.356 e. The molecule has 1 aliphatic rings. The lowest BCUT2D eigenvalue weighted by Crippen LogP contribution is -2.45. The Kier molecular flexibility index (Phi) is 10.9. The Labute approximate surface area is 139 Å². The van der Waals surface area contributed by atoms with Gasteiger partial charge in [-0.1, -0.05) is 19.3 Å². The summed E-state index contributed by atoms with van der Waals surface area (Å²) in [6, 6.07) is 0.733. The van der Waals surface area contributed by atoms with Crippen LogP contribution in [-0.2, 0) is 4.79 Å². The predicted octanol–water partition coefficient (Wildman–Crippen LogP) is 2.02. The van der Waals surface area contributed by atoms with E-state index in [4.69, 9.17) is 0 Å². The molecule has 0 bridgehead atoms. The molecule has 0 spiro atoms. The summed E-state index contributed by atoms with van der Waals surface area (Å²) < 4.78 is 0. The molecule has 0 aromatic rings. The number of nitrogens with one attached hydrogen (secondary N) is 3. The van der Waals surface area contributed by atoms with Gasteiger partial charge in [0.1, 0.15) is 0 Å². The quantitative estimate of drug-likeness (QED) is 0.379. The molecule has 6 heteroatoms. The van der Waals surface area contributed by atoms with Gasteiger partial charge >= 0.3 is 0 Å². The summed E-state index contributed by atoms with van der Waals surface area (Å²) in [7, 11) is 1.77. The van der Waals surface area contributed by atoms with Gasteiger partial charge in [-0.3, -0.25) is 9.79 Å². The average Bonchev–Trinajstić information content (AvgIpc) is 2.38. The van der Waals surface area contributed by atoms with Gasteiger partial charge in [-0.05, 0) is 26.7 Å². The number of aliphatic imine (C=N–C) groups is 1. The van der Waals surface area contributed by atoms with Crippen LogP contribution in [0.2, 0.25) is 0 Å². The van der Waals surface area contributed by atoms with Crippen LogP contribution >= 0.6 is 24.0 Å². The number of hydrogen-bond acceptors (Lipinski definition) is 2. The van der Waals surface area contributed by atoms with Gasteiger partial charge in [0, 0.05) is 32.1 Å². The van der Waals surface area contributed by atoms with Crippen molar-refractivity contribution in [3.05, 3.63) is 0 Å². The van der Waals surface area contributed by atoms with E-state index in [-0.39, 0.29) is 35.9 Å². The van der Waals surface area contributed by atoms with Crippen LogP contribution < -0.4 is 16.0 Å². The van der Waals surface area contributed by atoms with Gasteiger partial charge < -0.3 is 16.0 Å². The molecule has 3 N–H and O–H groups in total. The zero-order valence-electron chi connectivity index (χ0n) is 12.9. The predicted molar refractivity (Wildman–Crippen MR) is 94.7 cm³/mol. The molecule has 0 aromatic carbocycles. The minimum absolute atomic E-state index is 0. The Balaban J connectivity index is 0.00000361. The standard InChI is InChI=1S/C14H28N4O.HI/c1-11(2)17-13(19)9-10-16-14(15-3)18-12-7-5-4-6-8-12;/h11-12H,4-10H2,1-3H3,(H,17,19)(H2,15,16,18);1H. The Morgan fingerprint density at radius 3 is 2.45 bits per heavy atom. The zero-order chi connectivity index (χ0) is 14.1. The van der Waals surface area contributed by atoms with E-state index in [1.165, 1.54) is 32.1 Å². The Bertz CT molecular complexity index is 302.